The molecule has 0 aliphatic carbocycles. The number of nitrogens with zero attached hydrogens (tertiary/aromatic N) is 2. The lowest BCUT2D eigenvalue weighted by Gasteiger charge is -2.21. The minimum atomic E-state index is -0.619. The van der Waals surface area contributed by atoms with Crippen molar-refractivity contribution >= 4 is 17.5 Å². The molecule has 0 unspecified atom stereocenters. The van der Waals surface area contributed by atoms with Crippen molar-refractivity contribution in [3.8, 4) is 16.9 Å². The van der Waals surface area contributed by atoms with Crippen LogP contribution in [0.25, 0.3) is 11.1 Å². The second-order valence-corrected chi connectivity index (χ2v) is 8.50. The highest BCUT2D eigenvalue weighted by molar-refractivity contribution is 5.93. The van der Waals surface area contributed by atoms with E-state index in [0.717, 1.165) is 28.3 Å². The normalized spacial score (nSPS) is 11.2. The number of carbonyl (C=O) groups is 1. The fourth-order valence-electron chi connectivity index (χ4n) is 3.41. The quantitative estimate of drug-likeness (QED) is 0.539. The molecule has 8 nitrogen and oxygen atoms in total. The van der Waals surface area contributed by atoms with Crippen LogP contribution in [0.5, 0.6) is 5.75 Å². The number of anilines is 2. The fraction of sp³-hybridized carbons (Fsp3) is 0.375. The number of rotatable bonds is 6. The van der Waals surface area contributed by atoms with Gasteiger partial charge in [0.2, 0.25) is 5.69 Å². The summed E-state index contributed by atoms with van der Waals surface area (Å²) in [6.45, 7) is 9.82. The van der Waals surface area contributed by atoms with E-state index in [2.05, 4.69) is 15.6 Å². The summed E-state index contributed by atoms with van der Waals surface area (Å²) in [6, 6.07) is 9.45. The molecule has 1 amide bonds. The van der Waals surface area contributed by atoms with E-state index in [9.17, 15) is 4.79 Å². The van der Waals surface area contributed by atoms with E-state index < -0.39 is 11.7 Å². The van der Waals surface area contributed by atoms with E-state index in [-0.39, 0.29) is 0 Å². The predicted molar refractivity (Wildman–Crippen MR) is 123 cm³/mol. The van der Waals surface area contributed by atoms with Gasteiger partial charge in [0.25, 0.3) is 0 Å². The van der Waals surface area contributed by atoms with Gasteiger partial charge in [-0.25, -0.2) is 9.32 Å². The highest BCUT2D eigenvalue weighted by atomic mass is 16.6. The molecule has 2 aromatic heterocycles. The zero-order valence-electron chi connectivity index (χ0n) is 19.7. The molecule has 3 rings (SSSR count). The number of hydrogen-bond acceptors (Lipinski definition) is 6. The van der Waals surface area contributed by atoms with Crippen LogP contribution in [0.1, 0.15) is 37.9 Å². The first kappa shape index (κ1) is 23.1. The Hall–Kier alpha value is -3.55. The number of aromatic nitrogens is 2. The highest BCUT2D eigenvalue weighted by Gasteiger charge is 2.26. The average Bonchev–Trinajstić information content (AvgIpc) is 2.97. The number of methoxy groups -OCH3 is 1. The molecule has 3 aromatic rings. The molecule has 0 aliphatic heterocycles. The molecule has 0 fully saturated rings. The van der Waals surface area contributed by atoms with Gasteiger partial charge in [-0.05, 0) is 43.7 Å². The number of pyridine rings is 1. The molecule has 170 valence electrons. The average molecular weight is 440 g/mol. The van der Waals surface area contributed by atoms with Crippen LogP contribution >= 0.6 is 0 Å². The summed E-state index contributed by atoms with van der Waals surface area (Å²) < 4.78 is 18.6. The van der Waals surface area contributed by atoms with Crippen LogP contribution in [-0.2, 0) is 18.3 Å². The zero-order chi connectivity index (χ0) is 23.5. The molecule has 0 bridgehead atoms. The summed E-state index contributed by atoms with van der Waals surface area (Å²) in [5, 5.41) is 6.22. The number of aryl methyl sites for hydroxylation is 2. The molecular formula is C24H31N4O4+. The topological polar surface area (TPSA) is 89.5 Å². The Morgan fingerprint density at radius 2 is 1.94 bits per heavy atom. The van der Waals surface area contributed by atoms with Crippen LogP contribution in [0.4, 0.5) is 16.2 Å². The van der Waals surface area contributed by atoms with Crippen LogP contribution in [0.2, 0.25) is 0 Å². The maximum absolute atomic E-state index is 12.6. The number of carbonyl (C=O) groups excluding carboxylic acids is 1. The lowest BCUT2D eigenvalue weighted by molar-refractivity contribution is -0.850. The van der Waals surface area contributed by atoms with Gasteiger partial charge in [0.1, 0.15) is 16.9 Å². The van der Waals surface area contributed by atoms with Crippen molar-refractivity contribution < 1.29 is 23.5 Å². The van der Waals surface area contributed by atoms with E-state index >= 15 is 0 Å². The number of benzene rings is 1. The Morgan fingerprint density at radius 3 is 2.50 bits per heavy atom. The van der Waals surface area contributed by atoms with Gasteiger partial charge in [0, 0.05) is 31.7 Å². The van der Waals surface area contributed by atoms with Crippen LogP contribution in [0, 0.1) is 13.8 Å². The van der Waals surface area contributed by atoms with Gasteiger partial charge in [-0.3, -0.25) is 10.3 Å². The van der Waals surface area contributed by atoms with Crippen molar-refractivity contribution in [1.29, 1.82) is 0 Å². The maximum atomic E-state index is 12.6. The molecule has 8 heteroatoms. The Kier molecular flexibility index (Phi) is 6.72. The monoisotopic (exact) mass is 439 g/mol. The van der Waals surface area contributed by atoms with Crippen LogP contribution in [0.3, 0.4) is 0 Å². The third-order valence-electron chi connectivity index (χ3n) is 4.89. The third-order valence-corrected chi connectivity index (χ3v) is 4.89. The maximum Gasteiger partial charge on any atom is 0.412 e. The predicted octanol–water partition coefficient (Wildman–Crippen LogP) is 4.75. The summed E-state index contributed by atoms with van der Waals surface area (Å²) in [5.41, 5.74) is 4.16. The van der Waals surface area contributed by atoms with Crippen molar-refractivity contribution in [1.82, 2.24) is 4.98 Å². The molecule has 1 aromatic carbocycles. The first-order valence-corrected chi connectivity index (χ1v) is 10.4. The van der Waals surface area contributed by atoms with Crippen LogP contribution in [-0.4, -0.2) is 23.8 Å². The lowest BCUT2D eigenvalue weighted by atomic mass is 10.0. The van der Waals surface area contributed by atoms with Crippen molar-refractivity contribution in [3.63, 3.8) is 0 Å². The minimum Gasteiger partial charge on any atom is -0.496 e. The van der Waals surface area contributed by atoms with Gasteiger partial charge < -0.3 is 14.8 Å². The Morgan fingerprint density at radius 1 is 1.19 bits per heavy atom. The van der Waals surface area contributed by atoms with Gasteiger partial charge in [0.05, 0.1) is 30.7 Å². The summed E-state index contributed by atoms with van der Waals surface area (Å²) >= 11 is 0. The van der Waals surface area contributed by atoms with Gasteiger partial charge in [-0.1, -0.05) is 6.07 Å². The van der Waals surface area contributed by atoms with Gasteiger partial charge in [0.15, 0.2) is 12.8 Å². The molecule has 0 saturated carbocycles. The number of amides is 1. The second-order valence-electron chi connectivity index (χ2n) is 8.50. The smallest absolute Gasteiger partial charge is 0.412 e. The van der Waals surface area contributed by atoms with E-state index in [1.54, 1.807) is 18.0 Å². The Balaban J connectivity index is 2.05. The fourth-order valence-corrected chi connectivity index (χ4v) is 3.41. The van der Waals surface area contributed by atoms with E-state index in [0.29, 0.717) is 23.7 Å². The largest absolute Gasteiger partial charge is 0.496 e. The molecule has 0 saturated heterocycles. The summed E-state index contributed by atoms with van der Waals surface area (Å²) in [7, 11) is 3.47. The van der Waals surface area contributed by atoms with Crippen molar-refractivity contribution in [2.24, 2.45) is 7.05 Å². The third kappa shape index (κ3) is 5.38. The molecule has 0 spiro atoms. The van der Waals surface area contributed by atoms with E-state index in [1.807, 2.05) is 72.0 Å². The van der Waals surface area contributed by atoms with Crippen LogP contribution in [0.15, 0.2) is 41.1 Å². The molecule has 0 aliphatic rings. The number of hydrogen-bond donors (Lipinski definition) is 2. The molecule has 32 heavy (non-hydrogen) atoms. The summed E-state index contributed by atoms with van der Waals surface area (Å²) in [6.07, 6.45) is 1.20. The SMILES string of the molecule is COc1cc(NCc2ccccn2)c(NC(=O)OC(C)(C)C)cc1-c1c(C)o[n+](C)c1C. The van der Waals surface area contributed by atoms with Gasteiger partial charge >= 0.3 is 6.09 Å². The van der Waals surface area contributed by atoms with E-state index in [1.165, 1.54) is 0 Å². The first-order valence-electron chi connectivity index (χ1n) is 10.4. The Labute approximate surface area is 188 Å². The summed E-state index contributed by atoms with van der Waals surface area (Å²) in [5.74, 6) is 1.40. The Bertz CT molecular complexity index is 1100. The molecular weight excluding hydrogens is 408 g/mol. The second kappa shape index (κ2) is 9.30. The molecule has 0 atom stereocenters. The van der Waals surface area contributed by atoms with Crippen LogP contribution < -0.4 is 20.1 Å². The number of nitrogens with one attached hydrogen (secondary N) is 2. The summed E-state index contributed by atoms with van der Waals surface area (Å²) in [4.78, 5) is 16.9. The highest BCUT2D eigenvalue weighted by Crippen LogP contribution is 2.40. The minimum absolute atomic E-state index is 0.477. The molecule has 2 heterocycles. The first-order chi connectivity index (χ1) is 15.1. The van der Waals surface area contributed by atoms with Gasteiger partial charge in [-0.2, -0.15) is 0 Å². The van der Waals surface area contributed by atoms with Gasteiger partial charge in [-0.15, -0.1) is 0 Å². The number of ether oxygens (including phenoxy) is 2. The molecule has 0 radical (unpaired) electrons. The van der Waals surface area contributed by atoms with Crippen molar-refractivity contribution in [2.45, 2.75) is 46.8 Å². The van der Waals surface area contributed by atoms with Crippen molar-refractivity contribution in [3.05, 3.63) is 53.7 Å². The van der Waals surface area contributed by atoms with E-state index in [4.69, 9.17) is 14.0 Å². The zero-order valence-corrected chi connectivity index (χ0v) is 19.7. The van der Waals surface area contributed by atoms with Crippen molar-refractivity contribution in [2.75, 3.05) is 17.7 Å². The molecule has 2 N–H and O–H groups in total. The standard InChI is InChI=1S/C24H30N4O4/c1-15-22(16(2)32-28(15)6)18-12-20(27-23(29)31-24(3,4)5)19(13-21(18)30-7)26-14-17-10-8-9-11-25-17/h8-13,26H,14H2,1-7H3/p+1. The lowest BCUT2D eigenvalue weighted by Crippen LogP contribution is -2.28.